The van der Waals surface area contributed by atoms with Gasteiger partial charge in [-0.05, 0) is 100 Å². The first-order valence-electron chi connectivity index (χ1n) is 17.8. The molecule has 48 heavy (non-hydrogen) atoms. The van der Waals surface area contributed by atoms with Crippen LogP contribution in [0.3, 0.4) is 0 Å². The predicted molar refractivity (Wildman–Crippen MR) is 190 cm³/mol. The van der Waals surface area contributed by atoms with Gasteiger partial charge in [-0.15, -0.1) is 0 Å². The van der Waals surface area contributed by atoms with Gasteiger partial charge in [0.1, 0.15) is 5.82 Å². The number of nitrogens with zero attached hydrogens (tertiary/aromatic N) is 6. The summed E-state index contributed by atoms with van der Waals surface area (Å²) in [7, 11) is 1.75. The lowest BCUT2D eigenvalue weighted by molar-refractivity contribution is -0.128. The van der Waals surface area contributed by atoms with Gasteiger partial charge in [0.05, 0.1) is 28.0 Å². The molecular weight excluding hydrogens is 627 g/mol. The number of aromatic nitrogens is 2. The van der Waals surface area contributed by atoms with E-state index in [9.17, 15) is 14.0 Å². The van der Waals surface area contributed by atoms with E-state index in [0.29, 0.717) is 46.0 Å². The molecule has 0 spiro atoms. The second kappa shape index (κ2) is 14.5. The van der Waals surface area contributed by atoms with E-state index in [1.165, 1.54) is 25.0 Å². The third kappa shape index (κ3) is 7.15. The Bertz CT molecular complexity index is 1630. The van der Waals surface area contributed by atoms with Crippen molar-refractivity contribution < 1.29 is 14.0 Å². The van der Waals surface area contributed by atoms with E-state index >= 15 is 0 Å². The highest BCUT2D eigenvalue weighted by Crippen LogP contribution is 2.36. The van der Waals surface area contributed by atoms with Gasteiger partial charge in [-0.1, -0.05) is 25.4 Å². The zero-order valence-electron chi connectivity index (χ0n) is 29.5. The molecule has 3 fully saturated rings. The van der Waals surface area contributed by atoms with Crippen LogP contribution in [0.15, 0.2) is 36.8 Å². The highest BCUT2D eigenvalue weighted by Gasteiger charge is 2.40. The average molecular weight is 679 g/mol. The lowest BCUT2D eigenvalue weighted by Crippen LogP contribution is -2.38. The molecule has 0 saturated carbocycles. The molecule has 3 aliphatic rings. The smallest absolute Gasteiger partial charge is 0.256 e. The normalized spacial score (nSPS) is 22.4. The standard InChI is InChI=1S/C38H52ClFN6O2/c1-24(2)34(8-7-12-43-19-29-21-45(26(5)47)22-30(29)20-43)44-13-11-27(18-44)14-28-23-46(36-17-41-16-33(39)37(28)36)35-10-9-31(40)15-32(35)38(48)42(6)25(3)4/h9-10,15-17,23-25,27,29-30,34H,7-8,11-14,18-22H2,1-6H3/t27-,29-,30?,34-/m0/s1. The first-order chi connectivity index (χ1) is 22.9. The Morgan fingerprint density at radius 2 is 1.79 bits per heavy atom. The largest absolute Gasteiger partial charge is 0.342 e. The van der Waals surface area contributed by atoms with E-state index in [1.807, 2.05) is 23.3 Å². The molecule has 2 amide bonds. The summed E-state index contributed by atoms with van der Waals surface area (Å²) in [5.41, 5.74) is 2.89. The van der Waals surface area contributed by atoms with E-state index in [4.69, 9.17) is 11.6 Å². The van der Waals surface area contributed by atoms with Crippen LogP contribution in [0.25, 0.3) is 16.6 Å². The minimum atomic E-state index is -0.443. The SMILES string of the molecule is CC(=O)N1CC2CN(CCC[C@@H](C(C)C)N3CC[C@@H](Cc4cn(-c5ccc(F)cc5C(=O)N(C)C(C)C)c5cncc(Cl)c45)C3)C[C@H]2C1. The van der Waals surface area contributed by atoms with Crippen molar-refractivity contribution >= 4 is 34.3 Å². The number of carbonyl (C=O) groups is 2. The molecule has 2 aromatic heterocycles. The van der Waals surface area contributed by atoms with Gasteiger partial charge in [0.25, 0.3) is 5.91 Å². The minimum absolute atomic E-state index is 0.0262. The molecule has 260 valence electrons. The van der Waals surface area contributed by atoms with Crippen LogP contribution in [-0.2, 0) is 11.2 Å². The molecule has 3 aliphatic heterocycles. The predicted octanol–water partition coefficient (Wildman–Crippen LogP) is 6.38. The van der Waals surface area contributed by atoms with Crippen LogP contribution < -0.4 is 0 Å². The zero-order chi connectivity index (χ0) is 34.3. The first kappa shape index (κ1) is 34.8. The highest BCUT2D eigenvalue weighted by molar-refractivity contribution is 6.35. The van der Waals surface area contributed by atoms with Crippen molar-refractivity contribution in [3.63, 3.8) is 0 Å². The number of amides is 2. The summed E-state index contributed by atoms with van der Waals surface area (Å²) in [5.74, 6) is 1.89. The Hall–Kier alpha value is -3.01. The summed E-state index contributed by atoms with van der Waals surface area (Å²) in [4.78, 5) is 38.7. The van der Waals surface area contributed by atoms with E-state index in [1.54, 1.807) is 37.3 Å². The highest BCUT2D eigenvalue weighted by atomic mass is 35.5. The Balaban J connectivity index is 1.14. The molecule has 0 bridgehead atoms. The third-order valence-electron chi connectivity index (χ3n) is 11.3. The van der Waals surface area contributed by atoms with Crippen LogP contribution in [0.1, 0.15) is 69.8 Å². The monoisotopic (exact) mass is 678 g/mol. The second-order valence-electron chi connectivity index (χ2n) is 15.2. The lowest BCUT2D eigenvalue weighted by Gasteiger charge is -2.32. The van der Waals surface area contributed by atoms with Gasteiger partial charge in [0, 0.05) is 76.6 Å². The third-order valence-corrected chi connectivity index (χ3v) is 11.6. The first-order valence-corrected chi connectivity index (χ1v) is 18.2. The number of halogens is 2. The summed E-state index contributed by atoms with van der Waals surface area (Å²) in [5, 5.41) is 1.54. The maximum atomic E-state index is 14.5. The van der Waals surface area contributed by atoms with Crippen LogP contribution in [-0.4, -0.2) is 106 Å². The Kier molecular flexibility index (Phi) is 10.5. The number of benzene rings is 1. The molecule has 1 unspecified atom stereocenters. The molecule has 3 aromatic rings. The van der Waals surface area contributed by atoms with Crippen molar-refractivity contribution in [2.75, 3.05) is 52.9 Å². The molecule has 0 radical (unpaired) electrons. The van der Waals surface area contributed by atoms with Gasteiger partial charge >= 0.3 is 0 Å². The molecule has 5 heterocycles. The Morgan fingerprint density at radius 3 is 2.46 bits per heavy atom. The van der Waals surface area contributed by atoms with Crippen molar-refractivity contribution in [2.45, 2.75) is 72.4 Å². The molecule has 6 rings (SSSR count). The molecule has 1 aromatic carbocycles. The molecule has 0 N–H and O–H groups in total. The molecule has 0 aliphatic carbocycles. The van der Waals surface area contributed by atoms with Gasteiger partial charge < -0.3 is 19.3 Å². The van der Waals surface area contributed by atoms with E-state index in [0.717, 1.165) is 75.1 Å². The van der Waals surface area contributed by atoms with Gasteiger partial charge in [-0.25, -0.2) is 4.39 Å². The summed E-state index contributed by atoms with van der Waals surface area (Å²) in [6.07, 6.45) is 9.94. The lowest BCUT2D eigenvalue weighted by atomic mass is 9.96. The van der Waals surface area contributed by atoms with Crippen LogP contribution >= 0.6 is 11.6 Å². The molecular formula is C38H52ClFN6O2. The Morgan fingerprint density at radius 1 is 1.06 bits per heavy atom. The van der Waals surface area contributed by atoms with Crippen LogP contribution in [0.5, 0.6) is 0 Å². The number of hydrogen-bond donors (Lipinski definition) is 0. The fraction of sp³-hybridized carbons (Fsp3) is 0.605. The number of rotatable bonds is 11. The number of likely N-dealkylation sites (tertiary alicyclic amines) is 3. The van der Waals surface area contributed by atoms with Crippen molar-refractivity contribution in [1.29, 1.82) is 0 Å². The van der Waals surface area contributed by atoms with E-state index in [2.05, 4.69) is 34.8 Å². The minimum Gasteiger partial charge on any atom is -0.342 e. The van der Waals surface area contributed by atoms with E-state index in [-0.39, 0.29) is 17.9 Å². The average Bonchev–Trinajstić information content (AvgIpc) is 3.82. The second-order valence-corrected chi connectivity index (χ2v) is 15.6. The number of hydrogen-bond acceptors (Lipinski definition) is 5. The van der Waals surface area contributed by atoms with Gasteiger partial charge in [-0.3, -0.25) is 19.5 Å². The molecule has 10 heteroatoms. The summed E-state index contributed by atoms with van der Waals surface area (Å²) >= 11 is 6.81. The van der Waals surface area contributed by atoms with Gasteiger partial charge in [-0.2, -0.15) is 0 Å². The summed E-state index contributed by atoms with van der Waals surface area (Å²) < 4.78 is 16.5. The van der Waals surface area contributed by atoms with E-state index < -0.39 is 5.82 Å². The number of fused-ring (bicyclic) bond motifs is 2. The molecule has 4 atom stereocenters. The van der Waals surface area contributed by atoms with Crippen molar-refractivity contribution in [2.24, 2.45) is 23.7 Å². The molecule has 3 saturated heterocycles. The zero-order valence-corrected chi connectivity index (χ0v) is 30.2. The van der Waals surface area contributed by atoms with Crippen molar-refractivity contribution in [3.8, 4) is 5.69 Å². The number of pyridine rings is 1. The molecule has 8 nitrogen and oxygen atoms in total. The van der Waals surface area contributed by atoms with Crippen LogP contribution in [0.2, 0.25) is 5.02 Å². The van der Waals surface area contributed by atoms with Crippen LogP contribution in [0, 0.1) is 29.5 Å². The van der Waals surface area contributed by atoms with Gasteiger partial charge in [0.15, 0.2) is 0 Å². The van der Waals surface area contributed by atoms with Gasteiger partial charge in [0.2, 0.25) is 5.91 Å². The van der Waals surface area contributed by atoms with Crippen molar-refractivity contribution in [3.05, 3.63) is 58.8 Å². The fourth-order valence-electron chi connectivity index (χ4n) is 8.52. The van der Waals surface area contributed by atoms with Crippen molar-refractivity contribution in [1.82, 2.24) is 29.2 Å². The number of carbonyl (C=O) groups excluding carboxylic acids is 2. The fourth-order valence-corrected chi connectivity index (χ4v) is 8.79. The van der Waals surface area contributed by atoms with Crippen LogP contribution in [0.4, 0.5) is 4.39 Å². The summed E-state index contributed by atoms with van der Waals surface area (Å²) in [6.45, 7) is 17.7. The topological polar surface area (TPSA) is 64.9 Å². The quantitative estimate of drug-likeness (QED) is 0.236. The summed E-state index contributed by atoms with van der Waals surface area (Å²) in [6, 6.07) is 4.94. The maximum absolute atomic E-state index is 14.5. The maximum Gasteiger partial charge on any atom is 0.256 e. The Labute approximate surface area is 290 Å².